The van der Waals surface area contributed by atoms with Crippen molar-refractivity contribution in [2.75, 3.05) is 11.1 Å². The second-order valence-electron chi connectivity index (χ2n) is 14.8. The number of ether oxygens (including phenoxy) is 1. The number of thiol groups is 1. The molecular formula is C36H53NO3S. The van der Waals surface area contributed by atoms with Crippen molar-refractivity contribution in [3.8, 4) is 0 Å². The van der Waals surface area contributed by atoms with Gasteiger partial charge in [0.2, 0.25) is 5.91 Å². The number of amides is 1. The zero-order valence-corrected chi connectivity index (χ0v) is 27.0. The van der Waals surface area contributed by atoms with Gasteiger partial charge in [0.15, 0.2) is 0 Å². The van der Waals surface area contributed by atoms with Crippen LogP contribution in [0.25, 0.3) is 0 Å². The number of anilines is 1. The molecule has 0 spiro atoms. The van der Waals surface area contributed by atoms with E-state index in [0.717, 1.165) is 54.8 Å². The molecule has 5 heteroatoms. The molecule has 1 aromatic carbocycles. The van der Waals surface area contributed by atoms with Crippen molar-refractivity contribution in [1.82, 2.24) is 0 Å². The Morgan fingerprint density at radius 1 is 1.00 bits per heavy atom. The molecule has 41 heavy (non-hydrogen) atoms. The Labute approximate surface area is 254 Å². The lowest BCUT2D eigenvalue weighted by molar-refractivity contribution is -0.113. The molecule has 4 aliphatic carbocycles. The van der Waals surface area contributed by atoms with E-state index in [1.807, 2.05) is 0 Å². The molecule has 0 saturated heterocycles. The SMILES string of the molecule is CC(C)CCC[C@@H](C)[C@@H]1CC[C@@H]2[C@H]3CC=C4C[C@@H](OC(=O)c5ccc(NC(=O)CS)cc5)CC[C@]4(C)[C@@H]3CC[C@]21C. The number of hydrogen-bond donors (Lipinski definition) is 2. The summed E-state index contributed by atoms with van der Waals surface area (Å²) in [6.45, 7) is 12.5. The minimum atomic E-state index is -0.270. The van der Waals surface area contributed by atoms with Gasteiger partial charge in [-0.05, 0) is 116 Å². The molecule has 3 fully saturated rings. The molecule has 0 unspecified atom stereocenters. The van der Waals surface area contributed by atoms with Crippen molar-refractivity contribution < 1.29 is 14.3 Å². The molecular weight excluding hydrogens is 526 g/mol. The van der Waals surface area contributed by atoms with Crippen molar-refractivity contribution in [1.29, 1.82) is 0 Å². The summed E-state index contributed by atoms with van der Waals surface area (Å²) in [6.07, 6.45) is 16.4. The first-order chi connectivity index (χ1) is 19.5. The zero-order chi connectivity index (χ0) is 29.4. The van der Waals surface area contributed by atoms with Crippen LogP contribution in [0.1, 0.15) is 116 Å². The highest BCUT2D eigenvalue weighted by molar-refractivity contribution is 7.81. The number of fused-ring (bicyclic) bond motifs is 5. The van der Waals surface area contributed by atoms with E-state index in [2.05, 4.69) is 58.6 Å². The van der Waals surface area contributed by atoms with E-state index in [4.69, 9.17) is 4.74 Å². The topological polar surface area (TPSA) is 55.4 Å². The number of benzene rings is 1. The summed E-state index contributed by atoms with van der Waals surface area (Å²) in [4.78, 5) is 24.5. The van der Waals surface area contributed by atoms with Crippen LogP contribution in [0.2, 0.25) is 0 Å². The van der Waals surface area contributed by atoms with Gasteiger partial charge in [-0.2, -0.15) is 12.6 Å². The Kier molecular flexibility index (Phi) is 9.33. The van der Waals surface area contributed by atoms with Crippen LogP contribution in [-0.4, -0.2) is 23.7 Å². The summed E-state index contributed by atoms with van der Waals surface area (Å²) in [5.41, 5.74) is 3.50. The fraction of sp³-hybridized carbons (Fsp3) is 0.722. The van der Waals surface area contributed by atoms with E-state index in [1.54, 1.807) is 29.8 Å². The van der Waals surface area contributed by atoms with Crippen LogP contribution in [0, 0.1) is 46.3 Å². The Morgan fingerprint density at radius 2 is 1.76 bits per heavy atom. The first-order valence-corrected chi connectivity index (χ1v) is 17.1. The minimum Gasteiger partial charge on any atom is -0.458 e. The fourth-order valence-electron chi connectivity index (χ4n) is 9.86. The third-order valence-corrected chi connectivity index (χ3v) is 12.4. The molecule has 0 bridgehead atoms. The van der Waals surface area contributed by atoms with Crippen LogP contribution >= 0.6 is 12.6 Å². The van der Waals surface area contributed by atoms with E-state index in [9.17, 15) is 9.59 Å². The molecule has 5 rings (SSSR count). The van der Waals surface area contributed by atoms with Gasteiger partial charge in [0.1, 0.15) is 6.10 Å². The van der Waals surface area contributed by atoms with Gasteiger partial charge in [-0.25, -0.2) is 4.79 Å². The summed E-state index contributed by atoms with van der Waals surface area (Å²) >= 11 is 3.99. The van der Waals surface area contributed by atoms with E-state index in [1.165, 1.54) is 51.4 Å². The van der Waals surface area contributed by atoms with Crippen molar-refractivity contribution in [2.45, 2.75) is 111 Å². The molecule has 4 aliphatic rings. The molecule has 1 aromatic rings. The van der Waals surface area contributed by atoms with Crippen LogP contribution in [0.5, 0.6) is 0 Å². The average Bonchev–Trinajstić information content (AvgIpc) is 3.30. The molecule has 8 atom stereocenters. The van der Waals surface area contributed by atoms with E-state index in [0.29, 0.717) is 16.7 Å². The van der Waals surface area contributed by atoms with Gasteiger partial charge in [0, 0.05) is 12.1 Å². The molecule has 0 radical (unpaired) electrons. The maximum atomic E-state index is 13.0. The van der Waals surface area contributed by atoms with Crippen molar-refractivity contribution in [2.24, 2.45) is 46.3 Å². The maximum Gasteiger partial charge on any atom is 0.338 e. The molecule has 3 saturated carbocycles. The third-order valence-electron chi connectivity index (χ3n) is 12.1. The number of esters is 1. The maximum absolute atomic E-state index is 13.0. The van der Waals surface area contributed by atoms with Gasteiger partial charge < -0.3 is 10.1 Å². The van der Waals surface area contributed by atoms with Gasteiger partial charge >= 0.3 is 5.97 Å². The second kappa shape index (κ2) is 12.5. The first-order valence-electron chi connectivity index (χ1n) is 16.5. The minimum absolute atomic E-state index is 0.0571. The highest BCUT2D eigenvalue weighted by Gasteiger charge is 2.59. The largest absolute Gasteiger partial charge is 0.458 e. The van der Waals surface area contributed by atoms with E-state index in [-0.39, 0.29) is 29.1 Å². The summed E-state index contributed by atoms with van der Waals surface area (Å²) in [7, 11) is 0. The van der Waals surface area contributed by atoms with Gasteiger partial charge in [-0.15, -0.1) is 0 Å². The highest BCUT2D eigenvalue weighted by Crippen LogP contribution is 2.67. The Morgan fingerprint density at radius 3 is 2.46 bits per heavy atom. The van der Waals surface area contributed by atoms with E-state index < -0.39 is 0 Å². The summed E-state index contributed by atoms with van der Waals surface area (Å²) in [6, 6.07) is 6.95. The number of hydrogen-bond acceptors (Lipinski definition) is 4. The van der Waals surface area contributed by atoms with Crippen molar-refractivity contribution in [3.05, 3.63) is 41.5 Å². The third kappa shape index (κ3) is 6.17. The Balaban J connectivity index is 1.21. The van der Waals surface area contributed by atoms with Gasteiger partial charge in [-0.3, -0.25) is 4.79 Å². The number of allylic oxidation sites excluding steroid dienone is 1. The predicted molar refractivity (Wildman–Crippen MR) is 171 cm³/mol. The standard InChI is InChI=1S/C36H53NO3S/c1-23(2)7-6-8-24(3)30-15-16-31-29-14-11-26-21-28(17-19-35(26,4)32(29)18-20-36(30,31)5)40-34(39)25-9-12-27(13-10-25)37-33(38)22-41/h9-13,23-24,28-32,41H,6-8,14-22H2,1-5H3,(H,37,38)/t24-,28+,29-,30+,31-,32-,35+,36+/m1/s1. The summed E-state index contributed by atoms with van der Waals surface area (Å²) in [5.74, 6) is 4.69. The van der Waals surface area contributed by atoms with Crippen LogP contribution in [-0.2, 0) is 9.53 Å². The molecule has 226 valence electrons. The normalized spacial score (nSPS) is 35.1. The molecule has 0 aromatic heterocycles. The number of carbonyl (C=O) groups is 2. The lowest BCUT2D eigenvalue weighted by atomic mass is 9.47. The number of nitrogens with one attached hydrogen (secondary N) is 1. The van der Waals surface area contributed by atoms with Crippen molar-refractivity contribution in [3.63, 3.8) is 0 Å². The van der Waals surface area contributed by atoms with Gasteiger partial charge in [0.25, 0.3) is 0 Å². The van der Waals surface area contributed by atoms with Crippen molar-refractivity contribution >= 4 is 30.2 Å². The van der Waals surface area contributed by atoms with Gasteiger partial charge in [-0.1, -0.05) is 65.5 Å². The zero-order valence-electron chi connectivity index (χ0n) is 26.1. The molecule has 4 nitrogen and oxygen atoms in total. The Bertz CT molecular complexity index is 1130. The first kappa shape index (κ1) is 30.7. The monoisotopic (exact) mass is 579 g/mol. The highest BCUT2D eigenvalue weighted by atomic mass is 32.1. The fourth-order valence-corrected chi connectivity index (χ4v) is 9.94. The van der Waals surface area contributed by atoms with Crippen LogP contribution < -0.4 is 5.32 Å². The lowest BCUT2D eigenvalue weighted by Gasteiger charge is -2.58. The Hall–Kier alpha value is -1.75. The lowest BCUT2D eigenvalue weighted by Crippen LogP contribution is -2.51. The van der Waals surface area contributed by atoms with Crippen LogP contribution in [0.4, 0.5) is 5.69 Å². The molecule has 0 heterocycles. The van der Waals surface area contributed by atoms with E-state index >= 15 is 0 Å². The van der Waals surface area contributed by atoms with Crippen LogP contribution in [0.15, 0.2) is 35.9 Å². The summed E-state index contributed by atoms with van der Waals surface area (Å²) in [5, 5.41) is 2.76. The molecule has 0 aliphatic heterocycles. The predicted octanol–water partition coefficient (Wildman–Crippen LogP) is 9.12. The average molecular weight is 580 g/mol. The smallest absolute Gasteiger partial charge is 0.338 e. The molecule has 1 N–H and O–H groups in total. The summed E-state index contributed by atoms with van der Waals surface area (Å²) < 4.78 is 6.04. The van der Waals surface area contributed by atoms with Crippen LogP contribution in [0.3, 0.4) is 0 Å². The second-order valence-corrected chi connectivity index (χ2v) is 15.2. The number of rotatable bonds is 9. The number of carbonyl (C=O) groups excluding carboxylic acids is 2. The molecule has 1 amide bonds. The van der Waals surface area contributed by atoms with Gasteiger partial charge in [0.05, 0.1) is 11.3 Å². The quantitative estimate of drug-likeness (QED) is 0.174.